The minimum Gasteiger partial charge on any atom is -0.497 e. The van der Waals surface area contributed by atoms with Gasteiger partial charge >= 0.3 is 0 Å². The number of ether oxygens (including phenoxy) is 3. The predicted octanol–water partition coefficient (Wildman–Crippen LogP) is 5.17. The SMILES string of the molecule is COc1ccc(N=C2NC(=O)/C(=C/c3ccc(OCc4ccccc4)c(OC)c3)S2)cc1. The van der Waals surface area contributed by atoms with Crippen molar-refractivity contribution in [2.45, 2.75) is 6.61 Å². The van der Waals surface area contributed by atoms with Crippen molar-refractivity contribution >= 4 is 34.6 Å². The number of amidine groups is 1. The number of hydrogen-bond donors (Lipinski definition) is 1. The third-order valence-electron chi connectivity index (χ3n) is 4.68. The van der Waals surface area contributed by atoms with Gasteiger partial charge in [-0.3, -0.25) is 4.79 Å². The van der Waals surface area contributed by atoms with Crippen LogP contribution in [0, 0.1) is 0 Å². The summed E-state index contributed by atoms with van der Waals surface area (Å²) in [7, 11) is 3.21. The van der Waals surface area contributed by atoms with Gasteiger partial charge in [0.25, 0.3) is 5.91 Å². The first-order valence-corrected chi connectivity index (χ1v) is 10.7. The summed E-state index contributed by atoms with van der Waals surface area (Å²) in [5.41, 5.74) is 2.64. The molecule has 0 atom stereocenters. The minimum atomic E-state index is -0.189. The van der Waals surface area contributed by atoms with E-state index in [0.717, 1.165) is 22.6 Å². The normalized spacial score (nSPS) is 15.6. The molecule has 0 spiro atoms. The highest BCUT2D eigenvalue weighted by Gasteiger charge is 2.24. The Morgan fingerprint density at radius 1 is 0.938 bits per heavy atom. The Hall–Kier alpha value is -3.71. The molecule has 1 N–H and O–H groups in total. The van der Waals surface area contributed by atoms with Crippen LogP contribution in [-0.2, 0) is 11.4 Å². The highest BCUT2D eigenvalue weighted by Crippen LogP contribution is 2.32. The van der Waals surface area contributed by atoms with Gasteiger partial charge in [0.05, 0.1) is 24.8 Å². The largest absolute Gasteiger partial charge is 0.497 e. The van der Waals surface area contributed by atoms with Crippen LogP contribution < -0.4 is 19.5 Å². The summed E-state index contributed by atoms with van der Waals surface area (Å²) in [5, 5.41) is 3.33. The molecule has 0 radical (unpaired) electrons. The number of carbonyl (C=O) groups excluding carboxylic acids is 1. The Bertz CT molecular complexity index is 1160. The Kier molecular flexibility index (Phi) is 6.77. The standard InChI is InChI=1S/C25H22N2O4S/c1-29-20-11-9-19(10-12-20)26-25-27-24(28)23(32-25)15-18-8-13-21(22(14-18)30-2)31-16-17-6-4-3-5-7-17/h3-15H,16H2,1-2H3,(H,26,27,28)/b23-15-. The molecule has 0 saturated carbocycles. The first-order valence-electron chi connectivity index (χ1n) is 9.93. The van der Waals surface area contributed by atoms with E-state index in [1.807, 2.05) is 72.8 Å². The first-order chi connectivity index (χ1) is 15.6. The van der Waals surface area contributed by atoms with Gasteiger partial charge < -0.3 is 19.5 Å². The maximum absolute atomic E-state index is 12.4. The van der Waals surface area contributed by atoms with Crippen LogP contribution in [0.5, 0.6) is 17.2 Å². The zero-order valence-corrected chi connectivity index (χ0v) is 18.5. The molecular weight excluding hydrogens is 424 g/mol. The molecule has 1 fully saturated rings. The number of hydrogen-bond acceptors (Lipinski definition) is 6. The van der Waals surface area contributed by atoms with E-state index in [-0.39, 0.29) is 5.91 Å². The van der Waals surface area contributed by atoms with Gasteiger partial charge in [-0.05, 0) is 65.4 Å². The van der Waals surface area contributed by atoms with E-state index < -0.39 is 0 Å². The van der Waals surface area contributed by atoms with Crippen molar-refractivity contribution < 1.29 is 19.0 Å². The van der Waals surface area contributed by atoms with Crippen LogP contribution in [0.15, 0.2) is 82.7 Å². The fourth-order valence-corrected chi connectivity index (χ4v) is 3.88. The van der Waals surface area contributed by atoms with Crippen LogP contribution in [0.4, 0.5) is 5.69 Å². The molecule has 7 heteroatoms. The Morgan fingerprint density at radius 3 is 2.44 bits per heavy atom. The highest BCUT2D eigenvalue weighted by molar-refractivity contribution is 8.18. The third-order valence-corrected chi connectivity index (χ3v) is 5.59. The Labute approximate surface area is 190 Å². The van der Waals surface area contributed by atoms with Gasteiger partial charge in [0.2, 0.25) is 0 Å². The maximum atomic E-state index is 12.4. The molecule has 1 saturated heterocycles. The molecule has 1 aliphatic rings. The zero-order chi connectivity index (χ0) is 22.3. The molecule has 0 aliphatic carbocycles. The number of nitrogens with one attached hydrogen (secondary N) is 1. The fraction of sp³-hybridized carbons (Fsp3) is 0.120. The molecule has 1 amide bonds. The molecule has 6 nitrogen and oxygen atoms in total. The van der Waals surface area contributed by atoms with E-state index in [1.54, 1.807) is 20.3 Å². The predicted molar refractivity (Wildman–Crippen MR) is 128 cm³/mol. The molecule has 1 heterocycles. The summed E-state index contributed by atoms with van der Waals surface area (Å²) < 4.78 is 16.5. The van der Waals surface area contributed by atoms with Crippen molar-refractivity contribution in [1.82, 2.24) is 5.32 Å². The zero-order valence-electron chi connectivity index (χ0n) is 17.7. The lowest BCUT2D eigenvalue weighted by Crippen LogP contribution is -2.19. The maximum Gasteiger partial charge on any atom is 0.264 e. The van der Waals surface area contributed by atoms with Gasteiger partial charge in [-0.25, -0.2) is 4.99 Å². The number of amides is 1. The lowest BCUT2D eigenvalue weighted by Gasteiger charge is -2.11. The van der Waals surface area contributed by atoms with E-state index in [0.29, 0.717) is 28.2 Å². The van der Waals surface area contributed by atoms with Gasteiger partial charge in [-0.2, -0.15) is 0 Å². The van der Waals surface area contributed by atoms with Crippen LogP contribution in [0.25, 0.3) is 6.08 Å². The average molecular weight is 447 g/mol. The Morgan fingerprint density at radius 2 is 1.72 bits per heavy atom. The summed E-state index contributed by atoms with van der Waals surface area (Å²) in [5.74, 6) is 1.81. The van der Waals surface area contributed by atoms with Gasteiger partial charge in [0.1, 0.15) is 12.4 Å². The fourth-order valence-electron chi connectivity index (χ4n) is 3.03. The number of methoxy groups -OCH3 is 2. The smallest absolute Gasteiger partial charge is 0.264 e. The molecule has 3 aromatic rings. The molecule has 4 rings (SSSR count). The van der Waals surface area contributed by atoms with Crippen molar-refractivity contribution in [1.29, 1.82) is 0 Å². The topological polar surface area (TPSA) is 69.2 Å². The molecule has 1 aliphatic heterocycles. The summed E-state index contributed by atoms with van der Waals surface area (Å²) in [4.78, 5) is 17.4. The van der Waals surface area contributed by atoms with E-state index in [9.17, 15) is 4.79 Å². The number of nitrogens with zero attached hydrogens (tertiary/aromatic N) is 1. The second kappa shape index (κ2) is 10.1. The summed E-state index contributed by atoms with van der Waals surface area (Å²) in [6.07, 6.45) is 1.81. The molecule has 3 aromatic carbocycles. The van der Waals surface area contributed by atoms with E-state index in [2.05, 4.69) is 10.3 Å². The van der Waals surface area contributed by atoms with Crippen LogP contribution in [0.1, 0.15) is 11.1 Å². The van der Waals surface area contributed by atoms with Crippen molar-refractivity contribution in [2.75, 3.05) is 14.2 Å². The average Bonchev–Trinajstić information content (AvgIpc) is 3.17. The number of benzene rings is 3. The number of rotatable bonds is 7. The molecule has 0 bridgehead atoms. The second-order valence-corrected chi connectivity index (χ2v) is 7.89. The van der Waals surface area contributed by atoms with Crippen molar-refractivity contribution in [2.24, 2.45) is 4.99 Å². The van der Waals surface area contributed by atoms with Crippen molar-refractivity contribution in [3.8, 4) is 17.2 Å². The summed E-state index contributed by atoms with van der Waals surface area (Å²) >= 11 is 1.29. The molecular formula is C25H22N2O4S. The lowest BCUT2D eigenvalue weighted by atomic mass is 10.2. The number of aliphatic imine (C=N–C) groups is 1. The van der Waals surface area contributed by atoms with Gasteiger partial charge in [0, 0.05) is 0 Å². The lowest BCUT2D eigenvalue weighted by molar-refractivity contribution is -0.115. The monoisotopic (exact) mass is 446 g/mol. The Balaban J connectivity index is 1.47. The number of thioether (sulfide) groups is 1. The van der Waals surface area contributed by atoms with Crippen molar-refractivity contribution in [3.05, 3.63) is 88.8 Å². The number of carbonyl (C=O) groups is 1. The van der Waals surface area contributed by atoms with E-state index in [1.165, 1.54) is 11.8 Å². The van der Waals surface area contributed by atoms with Crippen LogP contribution >= 0.6 is 11.8 Å². The first kappa shape index (κ1) is 21.5. The minimum absolute atomic E-state index is 0.189. The summed E-state index contributed by atoms with van der Waals surface area (Å²) in [6, 6.07) is 22.8. The quantitative estimate of drug-likeness (QED) is 0.507. The van der Waals surface area contributed by atoms with Gasteiger partial charge in [0.15, 0.2) is 16.7 Å². The molecule has 162 valence electrons. The van der Waals surface area contributed by atoms with Crippen LogP contribution in [-0.4, -0.2) is 25.3 Å². The highest BCUT2D eigenvalue weighted by atomic mass is 32.2. The van der Waals surface area contributed by atoms with Crippen molar-refractivity contribution in [3.63, 3.8) is 0 Å². The van der Waals surface area contributed by atoms with Crippen LogP contribution in [0.2, 0.25) is 0 Å². The molecule has 32 heavy (non-hydrogen) atoms. The molecule has 0 aromatic heterocycles. The van der Waals surface area contributed by atoms with Crippen LogP contribution in [0.3, 0.4) is 0 Å². The third kappa shape index (κ3) is 5.31. The summed E-state index contributed by atoms with van der Waals surface area (Å²) in [6.45, 7) is 0.446. The second-order valence-electron chi connectivity index (χ2n) is 6.86. The molecule has 0 unspecified atom stereocenters. The van der Waals surface area contributed by atoms with E-state index in [4.69, 9.17) is 14.2 Å². The van der Waals surface area contributed by atoms with E-state index >= 15 is 0 Å². The van der Waals surface area contributed by atoms with Gasteiger partial charge in [-0.1, -0.05) is 36.4 Å². The van der Waals surface area contributed by atoms with Gasteiger partial charge in [-0.15, -0.1) is 0 Å².